The number of fused-ring (bicyclic) bond motifs is 3. The van der Waals surface area contributed by atoms with E-state index in [-0.39, 0.29) is 16.8 Å². The fourth-order valence-corrected chi connectivity index (χ4v) is 8.92. The van der Waals surface area contributed by atoms with Gasteiger partial charge in [0.25, 0.3) is 0 Å². The van der Waals surface area contributed by atoms with Crippen molar-refractivity contribution in [3.8, 4) is 0 Å². The largest absolute Gasteiger partial charge is 0.393 e. The monoisotopic (exact) mass is 512 g/mol. The molecule has 1 fully saturated rings. The van der Waals surface area contributed by atoms with Crippen molar-refractivity contribution < 1.29 is 5.11 Å². The lowest BCUT2D eigenvalue weighted by molar-refractivity contribution is 0.000223. The maximum atomic E-state index is 11.3. The van der Waals surface area contributed by atoms with Crippen LogP contribution in [0.25, 0.3) is 11.0 Å². The molecular formula is C29H45BN2OS2. The van der Waals surface area contributed by atoms with Gasteiger partial charge in [-0.2, -0.15) is 23.5 Å². The number of aliphatic hydroxyl groups excluding tert-OH is 1. The van der Waals surface area contributed by atoms with Gasteiger partial charge in [-0.25, -0.2) is 9.97 Å². The second-order valence-corrected chi connectivity index (χ2v) is 14.4. The smallest absolute Gasteiger partial charge is 0.112 e. The summed E-state index contributed by atoms with van der Waals surface area (Å²) >= 11 is 4.27. The first-order valence-electron chi connectivity index (χ1n) is 14.0. The predicted molar refractivity (Wildman–Crippen MR) is 157 cm³/mol. The lowest BCUT2D eigenvalue weighted by Gasteiger charge is -2.43. The molecule has 1 aliphatic carbocycles. The minimum atomic E-state index is -0.350. The number of hydrogen-bond acceptors (Lipinski definition) is 5. The van der Waals surface area contributed by atoms with Crippen molar-refractivity contribution in [1.29, 1.82) is 0 Å². The number of aliphatic hydroxyl groups is 1. The number of hydrogen-bond donors (Lipinski definition) is 1. The SMILES string of the molecule is BC(C)(CC)C(O)C(C)(CC)Cc1ccc2nc3c(nc2c1)CSC1CCCCCCCC1SC3. The molecule has 0 amide bonds. The van der Waals surface area contributed by atoms with Crippen molar-refractivity contribution in [2.24, 2.45) is 5.41 Å². The Hall–Kier alpha value is -0.715. The van der Waals surface area contributed by atoms with Gasteiger partial charge in [0.15, 0.2) is 0 Å². The molecular weight excluding hydrogens is 467 g/mol. The highest BCUT2D eigenvalue weighted by molar-refractivity contribution is 8.03. The van der Waals surface area contributed by atoms with Crippen LogP contribution in [0, 0.1) is 5.41 Å². The Bertz CT molecular complexity index is 1000. The van der Waals surface area contributed by atoms with Gasteiger partial charge in [-0.05, 0) is 54.1 Å². The molecule has 35 heavy (non-hydrogen) atoms. The van der Waals surface area contributed by atoms with E-state index in [1.54, 1.807) is 0 Å². The van der Waals surface area contributed by atoms with Crippen molar-refractivity contribution >= 4 is 42.4 Å². The summed E-state index contributed by atoms with van der Waals surface area (Å²) in [6.45, 7) is 8.81. The van der Waals surface area contributed by atoms with E-state index in [1.807, 2.05) is 0 Å². The fourth-order valence-electron chi connectivity index (χ4n) is 5.88. The summed E-state index contributed by atoms with van der Waals surface area (Å²) in [5.41, 5.74) is 5.50. The van der Waals surface area contributed by atoms with E-state index in [2.05, 4.69) is 77.3 Å². The van der Waals surface area contributed by atoms with E-state index in [9.17, 15) is 5.11 Å². The van der Waals surface area contributed by atoms with Gasteiger partial charge in [-0.1, -0.05) is 72.3 Å². The molecule has 0 spiro atoms. The zero-order chi connectivity index (χ0) is 25.1. The second kappa shape index (κ2) is 11.8. The van der Waals surface area contributed by atoms with Gasteiger partial charge in [-0.15, -0.1) is 0 Å². The zero-order valence-corrected chi connectivity index (χ0v) is 24.2. The molecule has 5 unspecified atom stereocenters. The number of aromatic nitrogens is 2. The van der Waals surface area contributed by atoms with Gasteiger partial charge in [-0.3, -0.25) is 0 Å². The Labute approximate surface area is 222 Å². The van der Waals surface area contributed by atoms with Gasteiger partial charge in [0.1, 0.15) is 7.85 Å². The standard InChI is InChI=1S/C29H45BN2OS2/c1-5-28(3,27(33)29(4,30)6-2)17-20-14-15-21-22(16-20)32-24-19-35-26-13-11-9-7-8-10-12-25(26)34-18-23(24)31-21/h14-16,25-27,33H,5-13,17-19,30H2,1-4H3. The molecule has 0 radical (unpaired) electrons. The van der Waals surface area contributed by atoms with Crippen LogP contribution in [0.2, 0.25) is 5.31 Å². The van der Waals surface area contributed by atoms with Crippen molar-refractivity contribution in [3.05, 3.63) is 35.2 Å². The Kier molecular flexibility index (Phi) is 9.19. The van der Waals surface area contributed by atoms with Crippen LogP contribution in [0.3, 0.4) is 0 Å². The van der Waals surface area contributed by atoms with Crippen molar-refractivity contribution in [2.45, 2.75) is 125 Å². The number of nitrogens with zero attached hydrogens (tertiary/aromatic N) is 2. The normalized spacial score (nSPS) is 26.0. The third-order valence-electron chi connectivity index (χ3n) is 8.87. The van der Waals surface area contributed by atoms with Crippen LogP contribution >= 0.6 is 23.5 Å². The van der Waals surface area contributed by atoms with Crippen LogP contribution < -0.4 is 0 Å². The number of rotatable bonds is 6. The maximum absolute atomic E-state index is 11.3. The predicted octanol–water partition coefficient (Wildman–Crippen LogP) is 7.13. The zero-order valence-electron chi connectivity index (χ0n) is 22.6. The fraction of sp³-hybridized carbons (Fsp3) is 0.724. The Balaban J connectivity index is 1.57. The average Bonchev–Trinajstić information content (AvgIpc) is 2.96. The Morgan fingerprint density at radius 2 is 1.49 bits per heavy atom. The quantitative estimate of drug-likeness (QED) is 0.417. The van der Waals surface area contributed by atoms with E-state index < -0.39 is 0 Å². The maximum Gasteiger partial charge on any atom is 0.112 e. The summed E-state index contributed by atoms with van der Waals surface area (Å²) in [6, 6.07) is 6.61. The molecule has 3 nitrogen and oxygen atoms in total. The Morgan fingerprint density at radius 1 is 0.914 bits per heavy atom. The summed E-state index contributed by atoms with van der Waals surface area (Å²) < 4.78 is 0. The molecule has 0 bridgehead atoms. The van der Waals surface area contributed by atoms with Gasteiger partial charge in [0.2, 0.25) is 0 Å². The summed E-state index contributed by atoms with van der Waals surface area (Å²) in [6.07, 6.45) is 12.1. The van der Waals surface area contributed by atoms with Gasteiger partial charge >= 0.3 is 0 Å². The topological polar surface area (TPSA) is 46.0 Å². The molecule has 1 aliphatic heterocycles. The minimum absolute atomic E-state index is 0.0972. The molecule has 1 aromatic carbocycles. The summed E-state index contributed by atoms with van der Waals surface area (Å²) in [7, 11) is 2.19. The molecule has 5 atom stereocenters. The third kappa shape index (κ3) is 6.41. The first kappa shape index (κ1) is 27.3. The van der Waals surface area contributed by atoms with Crippen LogP contribution in [0.4, 0.5) is 0 Å². The first-order valence-corrected chi connectivity index (χ1v) is 16.0. The van der Waals surface area contributed by atoms with E-state index in [0.29, 0.717) is 0 Å². The summed E-state index contributed by atoms with van der Waals surface area (Å²) in [5.74, 6) is 1.98. The molecule has 1 saturated carbocycles. The molecule has 0 saturated heterocycles. The molecule has 2 aliphatic rings. The second-order valence-electron chi connectivity index (χ2n) is 11.9. The third-order valence-corrected chi connectivity index (χ3v) is 11.9. The van der Waals surface area contributed by atoms with Crippen molar-refractivity contribution in [2.75, 3.05) is 0 Å². The molecule has 2 heterocycles. The minimum Gasteiger partial charge on any atom is -0.393 e. The highest BCUT2D eigenvalue weighted by Crippen LogP contribution is 2.44. The molecule has 4 rings (SSSR count). The van der Waals surface area contributed by atoms with Gasteiger partial charge in [0.05, 0.1) is 28.5 Å². The lowest BCUT2D eigenvalue weighted by atomic mass is 9.56. The number of thioether (sulfide) groups is 2. The highest BCUT2D eigenvalue weighted by Gasteiger charge is 2.40. The van der Waals surface area contributed by atoms with E-state index >= 15 is 0 Å². The van der Waals surface area contributed by atoms with Gasteiger partial charge < -0.3 is 5.11 Å². The van der Waals surface area contributed by atoms with Crippen LogP contribution in [0.5, 0.6) is 0 Å². The van der Waals surface area contributed by atoms with E-state index in [1.165, 1.54) is 61.9 Å². The summed E-state index contributed by atoms with van der Waals surface area (Å²) in [5, 5.41) is 12.7. The van der Waals surface area contributed by atoms with E-state index in [4.69, 9.17) is 9.97 Å². The molecule has 192 valence electrons. The highest BCUT2D eigenvalue weighted by atomic mass is 32.2. The van der Waals surface area contributed by atoms with E-state index in [0.717, 1.165) is 52.3 Å². The lowest BCUT2D eigenvalue weighted by Crippen LogP contribution is -2.42. The van der Waals surface area contributed by atoms with Crippen LogP contribution in [-0.2, 0) is 17.9 Å². The molecule has 2 aromatic rings. The van der Waals surface area contributed by atoms with Crippen molar-refractivity contribution in [1.82, 2.24) is 9.97 Å². The van der Waals surface area contributed by atoms with Crippen LogP contribution in [0.1, 0.15) is 102 Å². The number of benzene rings is 1. The van der Waals surface area contributed by atoms with Crippen LogP contribution in [0.15, 0.2) is 18.2 Å². The Morgan fingerprint density at radius 3 is 2.06 bits per heavy atom. The molecule has 1 N–H and O–H groups in total. The van der Waals surface area contributed by atoms with Gasteiger partial charge in [0, 0.05) is 22.0 Å². The average molecular weight is 513 g/mol. The van der Waals surface area contributed by atoms with Crippen molar-refractivity contribution in [3.63, 3.8) is 0 Å². The first-order chi connectivity index (χ1) is 16.8. The van der Waals surface area contributed by atoms with Crippen LogP contribution in [-0.4, -0.2) is 39.5 Å². The summed E-state index contributed by atoms with van der Waals surface area (Å²) in [4.78, 5) is 10.3. The molecule has 1 aromatic heterocycles. The molecule has 6 heteroatoms.